The van der Waals surface area contributed by atoms with Gasteiger partial charge in [-0.2, -0.15) is 0 Å². The van der Waals surface area contributed by atoms with Crippen molar-refractivity contribution in [3.05, 3.63) is 82.8 Å². The number of amides is 1. The summed E-state index contributed by atoms with van der Waals surface area (Å²) in [5, 5.41) is 0.545. The molecular weight excluding hydrogens is 457 g/mol. The van der Waals surface area contributed by atoms with Crippen molar-refractivity contribution in [1.82, 2.24) is 9.97 Å². The highest BCUT2D eigenvalue weighted by Crippen LogP contribution is 2.32. The van der Waals surface area contributed by atoms with Crippen molar-refractivity contribution in [3.8, 4) is 5.75 Å². The number of hydrogen-bond acceptors (Lipinski definition) is 5. The summed E-state index contributed by atoms with van der Waals surface area (Å²) in [6.45, 7) is -0.0187. The van der Waals surface area contributed by atoms with Gasteiger partial charge in [0.1, 0.15) is 0 Å². The molecule has 146 valence electrons. The van der Waals surface area contributed by atoms with E-state index < -0.39 is 5.82 Å². The molecule has 4 rings (SSSR count). The zero-order valence-electron chi connectivity index (χ0n) is 15.1. The average Bonchev–Trinajstić information content (AvgIpc) is 3.14. The van der Waals surface area contributed by atoms with Gasteiger partial charge in [0.05, 0.1) is 16.8 Å². The van der Waals surface area contributed by atoms with Crippen LogP contribution in [0, 0.1) is 5.82 Å². The lowest BCUT2D eigenvalue weighted by Gasteiger charge is -2.20. The summed E-state index contributed by atoms with van der Waals surface area (Å²) in [6, 6.07) is 15.4. The van der Waals surface area contributed by atoms with Crippen LogP contribution < -0.4 is 9.64 Å². The van der Waals surface area contributed by atoms with Crippen molar-refractivity contribution in [2.24, 2.45) is 0 Å². The molecule has 0 unspecified atom stereocenters. The Hall–Kier alpha value is -2.84. The molecule has 2 heterocycles. The maximum Gasteiger partial charge on any atom is 0.267 e. The minimum Gasteiger partial charge on any atom is -0.481 e. The second kappa shape index (κ2) is 8.67. The lowest BCUT2D eigenvalue weighted by Crippen LogP contribution is -2.34. The lowest BCUT2D eigenvalue weighted by molar-refractivity contribution is -0.120. The Bertz CT molecular complexity index is 1150. The molecule has 8 heteroatoms. The highest BCUT2D eigenvalue weighted by atomic mass is 79.9. The van der Waals surface area contributed by atoms with E-state index in [9.17, 15) is 9.18 Å². The van der Waals surface area contributed by atoms with Crippen LogP contribution in [0.25, 0.3) is 10.2 Å². The Morgan fingerprint density at radius 1 is 1.17 bits per heavy atom. The molecule has 0 saturated carbocycles. The van der Waals surface area contributed by atoms with Crippen LogP contribution in [0.3, 0.4) is 0 Å². The minimum absolute atomic E-state index is 0.0374. The van der Waals surface area contributed by atoms with Gasteiger partial charge >= 0.3 is 0 Å². The fourth-order valence-corrected chi connectivity index (χ4v) is 4.25. The summed E-state index contributed by atoms with van der Waals surface area (Å²) >= 11 is 4.86. The third kappa shape index (κ3) is 4.60. The fourth-order valence-electron chi connectivity index (χ4n) is 2.72. The number of nitrogens with zero attached hydrogens (tertiary/aromatic N) is 3. The molecular formula is C21H15BrFN3O2S. The van der Waals surface area contributed by atoms with Gasteiger partial charge in [0.2, 0.25) is 0 Å². The summed E-state index contributed by atoms with van der Waals surface area (Å²) < 4.78 is 21.1. The Balaban J connectivity index is 1.61. The predicted octanol–water partition coefficient (Wildman–Crippen LogP) is 5.21. The number of fused-ring (bicyclic) bond motifs is 1. The Morgan fingerprint density at radius 2 is 2.03 bits per heavy atom. The van der Waals surface area contributed by atoms with Crippen molar-refractivity contribution < 1.29 is 13.9 Å². The lowest BCUT2D eigenvalue weighted by atomic mass is 10.2. The Morgan fingerprint density at radius 3 is 2.83 bits per heavy atom. The number of benzene rings is 2. The van der Waals surface area contributed by atoms with E-state index in [0.29, 0.717) is 5.13 Å². The van der Waals surface area contributed by atoms with E-state index in [1.54, 1.807) is 24.5 Å². The predicted molar refractivity (Wildman–Crippen MR) is 115 cm³/mol. The minimum atomic E-state index is -0.510. The van der Waals surface area contributed by atoms with Gasteiger partial charge in [-0.1, -0.05) is 45.5 Å². The zero-order valence-corrected chi connectivity index (χ0v) is 17.5. The van der Waals surface area contributed by atoms with Crippen molar-refractivity contribution in [2.75, 3.05) is 11.5 Å². The van der Waals surface area contributed by atoms with Crippen LogP contribution in [-0.2, 0) is 11.3 Å². The van der Waals surface area contributed by atoms with Crippen molar-refractivity contribution in [2.45, 2.75) is 6.54 Å². The molecule has 0 spiro atoms. The van der Waals surface area contributed by atoms with Gasteiger partial charge in [-0.3, -0.25) is 14.7 Å². The standard InChI is InChI=1S/C21H15BrFN3O2S/c22-15-7-8-17-19(10-15)29-21(25-17)26(12-14-4-3-9-24-11-14)20(27)13-28-18-6-2-1-5-16(18)23/h1-11H,12-13H2. The quantitative estimate of drug-likeness (QED) is 0.387. The smallest absolute Gasteiger partial charge is 0.267 e. The molecule has 0 radical (unpaired) electrons. The van der Waals surface area contributed by atoms with Crippen LogP contribution in [0.4, 0.5) is 9.52 Å². The number of halogens is 2. The first kappa shape index (κ1) is 19.5. The second-order valence-corrected chi connectivity index (χ2v) is 8.09. The fraction of sp³-hybridized carbons (Fsp3) is 0.0952. The SMILES string of the molecule is O=C(COc1ccccc1F)N(Cc1cccnc1)c1nc2ccc(Br)cc2s1. The number of carbonyl (C=O) groups is 1. The number of thiazole rings is 1. The van der Waals surface area contributed by atoms with Gasteiger partial charge in [0.25, 0.3) is 5.91 Å². The van der Waals surface area contributed by atoms with E-state index in [4.69, 9.17) is 4.74 Å². The molecule has 2 aromatic heterocycles. The van der Waals surface area contributed by atoms with E-state index >= 15 is 0 Å². The van der Waals surface area contributed by atoms with Crippen LogP contribution in [-0.4, -0.2) is 22.5 Å². The topological polar surface area (TPSA) is 55.3 Å². The largest absolute Gasteiger partial charge is 0.481 e. The third-order valence-electron chi connectivity index (χ3n) is 4.12. The molecule has 5 nitrogen and oxygen atoms in total. The number of hydrogen-bond donors (Lipinski definition) is 0. The third-order valence-corrected chi connectivity index (χ3v) is 5.66. The van der Waals surface area contributed by atoms with Crippen LogP contribution >= 0.6 is 27.3 Å². The van der Waals surface area contributed by atoms with E-state index in [0.717, 1.165) is 20.3 Å². The first-order valence-corrected chi connectivity index (χ1v) is 10.3. The van der Waals surface area contributed by atoms with E-state index in [-0.39, 0.29) is 24.8 Å². The summed E-state index contributed by atoms with van der Waals surface area (Å²) in [6.07, 6.45) is 3.37. The summed E-state index contributed by atoms with van der Waals surface area (Å²) in [4.78, 5) is 23.2. The molecule has 0 bridgehead atoms. The summed E-state index contributed by atoms with van der Waals surface area (Å²) in [7, 11) is 0. The molecule has 2 aromatic carbocycles. The number of anilines is 1. The van der Waals surface area contributed by atoms with Gasteiger partial charge < -0.3 is 4.74 Å². The summed E-state index contributed by atoms with van der Waals surface area (Å²) in [5.74, 6) is -0.797. The summed E-state index contributed by atoms with van der Waals surface area (Å²) in [5.41, 5.74) is 1.65. The zero-order chi connectivity index (χ0) is 20.2. The van der Waals surface area contributed by atoms with E-state index in [2.05, 4.69) is 25.9 Å². The first-order valence-electron chi connectivity index (χ1n) is 8.73. The molecule has 4 aromatic rings. The van der Waals surface area contributed by atoms with Gasteiger partial charge in [0, 0.05) is 16.9 Å². The van der Waals surface area contributed by atoms with E-state index in [1.807, 2.05) is 30.3 Å². The highest BCUT2D eigenvalue weighted by Gasteiger charge is 2.21. The molecule has 0 aliphatic rings. The van der Waals surface area contributed by atoms with Crippen LogP contribution in [0.1, 0.15) is 5.56 Å². The Kier molecular flexibility index (Phi) is 5.82. The normalized spacial score (nSPS) is 10.8. The van der Waals surface area contributed by atoms with E-state index in [1.165, 1.54) is 28.4 Å². The number of para-hydroxylation sites is 1. The van der Waals surface area contributed by atoms with Gasteiger partial charge in [-0.05, 0) is 42.0 Å². The number of aromatic nitrogens is 2. The van der Waals surface area contributed by atoms with Crippen LogP contribution in [0.2, 0.25) is 0 Å². The molecule has 29 heavy (non-hydrogen) atoms. The number of pyridine rings is 1. The first-order chi connectivity index (χ1) is 14.1. The molecule has 0 atom stereocenters. The molecule has 1 amide bonds. The maximum atomic E-state index is 13.8. The molecule has 0 aliphatic carbocycles. The second-order valence-electron chi connectivity index (χ2n) is 6.17. The average molecular weight is 472 g/mol. The van der Waals surface area contributed by atoms with Crippen LogP contribution in [0.15, 0.2) is 71.5 Å². The number of carbonyl (C=O) groups excluding carboxylic acids is 1. The maximum absolute atomic E-state index is 13.8. The van der Waals surface area contributed by atoms with Gasteiger partial charge in [0.15, 0.2) is 23.3 Å². The molecule has 0 N–H and O–H groups in total. The Labute approximate surface area is 178 Å². The number of rotatable bonds is 6. The van der Waals surface area contributed by atoms with Crippen molar-refractivity contribution in [3.63, 3.8) is 0 Å². The van der Waals surface area contributed by atoms with Crippen molar-refractivity contribution >= 4 is 48.5 Å². The number of ether oxygens (including phenoxy) is 1. The van der Waals surface area contributed by atoms with Crippen LogP contribution in [0.5, 0.6) is 5.75 Å². The molecule has 0 saturated heterocycles. The molecule has 0 fully saturated rings. The van der Waals surface area contributed by atoms with Crippen molar-refractivity contribution in [1.29, 1.82) is 0 Å². The monoisotopic (exact) mass is 471 g/mol. The van der Waals surface area contributed by atoms with Gasteiger partial charge in [-0.15, -0.1) is 0 Å². The molecule has 0 aliphatic heterocycles. The highest BCUT2D eigenvalue weighted by molar-refractivity contribution is 9.10. The van der Waals surface area contributed by atoms with Gasteiger partial charge in [-0.25, -0.2) is 9.37 Å².